The van der Waals surface area contributed by atoms with Crippen molar-refractivity contribution >= 4 is 11.6 Å². The lowest BCUT2D eigenvalue weighted by molar-refractivity contribution is 0.757. The third-order valence-electron chi connectivity index (χ3n) is 2.74. The van der Waals surface area contributed by atoms with Crippen molar-refractivity contribution in [3.05, 3.63) is 34.3 Å². The van der Waals surface area contributed by atoms with Gasteiger partial charge in [0.25, 0.3) is 0 Å². The average molecular weight is 196 g/mol. The summed E-state index contributed by atoms with van der Waals surface area (Å²) in [6.45, 7) is 4.39. The van der Waals surface area contributed by atoms with Crippen LogP contribution in [-0.4, -0.2) is 13.1 Å². The van der Waals surface area contributed by atoms with Gasteiger partial charge in [0.05, 0.1) is 0 Å². The molecule has 0 saturated carbocycles. The first-order valence-electron chi connectivity index (χ1n) is 4.74. The molecule has 0 amide bonds. The predicted molar refractivity (Wildman–Crippen MR) is 56.4 cm³/mol. The molecule has 0 aromatic heterocycles. The molecule has 0 bridgehead atoms. The van der Waals surface area contributed by atoms with Gasteiger partial charge in [-0.1, -0.05) is 17.7 Å². The molecular weight excluding hydrogens is 182 g/mol. The smallest absolute Gasteiger partial charge is 0.0409 e. The molecule has 1 aromatic rings. The van der Waals surface area contributed by atoms with E-state index in [4.69, 9.17) is 11.6 Å². The maximum absolute atomic E-state index is 5.97. The molecule has 1 aromatic carbocycles. The highest BCUT2D eigenvalue weighted by Crippen LogP contribution is 2.27. The van der Waals surface area contributed by atoms with Crippen molar-refractivity contribution in [1.82, 2.24) is 5.32 Å². The summed E-state index contributed by atoms with van der Waals surface area (Å²) < 4.78 is 0. The number of halogens is 1. The van der Waals surface area contributed by atoms with Gasteiger partial charge < -0.3 is 5.32 Å². The zero-order chi connectivity index (χ0) is 9.26. The van der Waals surface area contributed by atoms with E-state index in [2.05, 4.69) is 24.4 Å². The van der Waals surface area contributed by atoms with Gasteiger partial charge in [-0.05, 0) is 49.1 Å². The number of aryl methyl sites for hydroxylation is 1. The van der Waals surface area contributed by atoms with Crippen LogP contribution in [0.25, 0.3) is 0 Å². The van der Waals surface area contributed by atoms with Crippen LogP contribution in [0.3, 0.4) is 0 Å². The molecule has 0 aliphatic carbocycles. The first-order valence-corrected chi connectivity index (χ1v) is 5.12. The van der Waals surface area contributed by atoms with Crippen LogP contribution in [0.15, 0.2) is 18.2 Å². The Labute approximate surface area is 84.1 Å². The molecule has 1 nitrogen and oxygen atoms in total. The second-order valence-corrected chi connectivity index (χ2v) is 4.13. The highest BCUT2D eigenvalue weighted by atomic mass is 35.5. The monoisotopic (exact) mass is 195 g/mol. The van der Waals surface area contributed by atoms with E-state index in [9.17, 15) is 0 Å². The second-order valence-electron chi connectivity index (χ2n) is 3.69. The minimum Gasteiger partial charge on any atom is -0.316 e. The number of nitrogens with one attached hydrogen (secondary N) is 1. The Kier molecular flexibility index (Phi) is 2.56. The average Bonchev–Trinajstić information content (AvgIpc) is 2.61. The van der Waals surface area contributed by atoms with E-state index in [-0.39, 0.29) is 0 Å². The highest BCUT2D eigenvalue weighted by molar-refractivity contribution is 6.30. The molecule has 1 saturated heterocycles. The number of benzene rings is 1. The maximum Gasteiger partial charge on any atom is 0.0409 e. The fourth-order valence-corrected chi connectivity index (χ4v) is 2.15. The van der Waals surface area contributed by atoms with E-state index in [1.165, 1.54) is 17.5 Å². The van der Waals surface area contributed by atoms with Gasteiger partial charge in [-0.15, -0.1) is 0 Å². The Bertz CT molecular complexity index is 303. The van der Waals surface area contributed by atoms with Crippen molar-refractivity contribution in [2.24, 2.45) is 0 Å². The Balaban J connectivity index is 2.32. The molecule has 0 spiro atoms. The molecule has 1 aliphatic rings. The summed E-state index contributed by atoms with van der Waals surface area (Å²) >= 11 is 5.97. The number of hydrogen-bond donors (Lipinski definition) is 1. The summed E-state index contributed by atoms with van der Waals surface area (Å²) in [6.07, 6.45) is 1.24. The molecule has 0 unspecified atom stereocenters. The predicted octanol–water partition coefficient (Wildman–Crippen LogP) is 2.73. The lowest BCUT2D eigenvalue weighted by Gasteiger charge is -2.12. The van der Waals surface area contributed by atoms with Crippen LogP contribution in [0.1, 0.15) is 23.5 Å². The van der Waals surface area contributed by atoms with Gasteiger partial charge in [-0.2, -0.15) is 0 Å². The van der Waals surface area contributed by atoms with Crippen molar-refractivity contribution in [2.45, 2.75) is 19.3 Å². The summed E-state index contributed by atoms with van der Waals surface area (Å²) in [5, 5.41) is 4.23. The molecule has 1 fully saturated rings. The van der Waals surface area contributed by atoms with Crippen molar-refractivity contribution < 1.29 is 0 Å². The second kappa shape index (κ2) is 3.69. The Morgan fingerprint density at radius 1 is 1.46 bits per heavy atom. The third kappa shape index (κ3) is 1.87. The summed E-state index contributed by atoms with van der Waals surface area (Å²) in [4.78, 5) is 0. The molecule has 1 aliphatic heterocycles. The maximum atomic E-state index is 5.97. The zero-order valence-corrected chi connectivity index (χ0v) is 8.56. The molecule has 1 atom stereocenters. The molecule has 13 heavy (non-hydrogen) atoms. The Morgan fingerprint density at radius 3 is 3.00 bits per heavy atom. The Hall–Kier alpha value is -0.530. The lowest BCUT2D eigenvalue weighted by atomic mass is 9.94. The molecule has 2 heteroatoms. The van der Waals surface area contributed by atoms with Crippen LogP contribution in [-0.2, 0) is 0 Å². The van der Waals surface area contributed by atoms with Gasteiger partial charge in [0.2, 0.25) is 0 Å². The molecule has 2 rings (SSSR count). The normalized spacial score (nSPS) is 22.2. The molecular formula is C11H14ClN. The van der Waals surface area contributed by atoms with E-state index < -0.39 is 0 Å². The number of rotatable bonds is 1. The van der Waals surface area contributed by atoms with E-state index >= 15 is 0 Å². The molecule has 1 N–H and O–H groups in total. The summed E-state index contributed by atoms with van der Waals surface area (Å²) in [6, 6.07) is 6.17. The van der Waals surface area contributed by atoms with Crippen LogP contribution in [0.5, 0.6) is 0 Å². The zero-order valence-electron chi connectivity index (χ0n) is 7.81. The van der Waals surface area contributed by atoms with Gasteiger partial charge in [-0.3, -0.25) is 0 Å². The highest BCUT2D eigenvalue weighted by Gasteiger charge is 2.18. The van der Waals surface area contributed by atoms with Crippen LogP contribution < -0.4 is 5.32 Å². The first-order chi connectivity index (χ1) is 6.27. The van der Waals surface area contributed by atoms with Gasteiger partial charge in [0.15, 0.2) is 0 Å². The van der Waals surface area contributed by atoms with Crippen molar-refractivity contribution in [1.29, 1.82) is 0 Å². The summed E-state index contributed by atoms with van der Waals surface area (Å²) in [7, 11) is 0. The van der Waals surface area contributed by atoms with Crippen molar-refractivity contribution in [3.8, 4) is 0 Å². The van der Waals surface area contributed by atoms with Crippen molar-refractivity contribution in [2.75, 3.05) is 13.1 Å². The van der Waals surface area contributed by atoms with E-state index in [1.54, 1.807) is 0 Å². The minimum atomic E-state index is 0.665. The van der Waals surface area contributed by atoms with E-state index in [0.717, 1.165) is 18.1 Å². The minimum absolute atomic E-state index is 0.665. The van der Waals surface area contributed by atoms with Gasteiger partial charge in [0.1, 0.15) is 0 Å². The van der Waals surface area contributed by atoms with E-state index in [1.807, 2.05) is 6.07 Å². The molecule has 70 valence electrons. The third-order valence-corrected chi connectivity index (χ3v) is 2.98. The van der Waals surface area contributed by atoms with Crippen LogP contribution in [0, 0.1) is 6.92 Å². The quantitative estimate of drug-likeness (QED) is 0.727. The Morgan fingerprint density at radius 2 is 2.31 bits per heavy atom. The number of hydrogen-bond acceptors (Lipinski definition) is 1. The fourth-order valence-electron chi connectivity index (χ4n) is 1.97. The van der Waals surface area contributed by atoms with Gasteiger partial charge >= 0.3 is 0 Å². The standard InChI is InChI=1S/C11H14ClN/c1-8-2-3-10(12)6-11(8)9-4-5-13-7-9/h2-3,6,9,13H,4-5,7H2,1H3/t9-/m0/s1. The lowest BCUT2D eigenvalue weighted by Crippen LogP contribution is -2.08. The fraction of sp³-hybridized carbons (Fsp3) is 0.455. The van der Waals surface area contributed by atoms with E-state index in [0.29, 0.717) is 5.92 Å². The van der Waals surface area contributed by atoms with Crippen LogP contribution in [0.2, 0.25) is 5.02 Å². The largest absolute Gasteiger partial charge is 0.316 e. The first kappa shape index (κ1) is 9.04. The SMILES string of the molecule is Cc1ccc(Cl)cc1[C@H]1CCNC1. The van der Waals surface area contributed by atoms with Crippen molar-refractivity contribution in [3.63, 3.8) is 0 Å². The van der Waals surface area contributed by atoms with Gasteiger partial charge in [-0.25, -0.2) is 0 Å². The van der Waals surface area contributed by atoms with Gasteiger partial charge in [0, 0.05) is 11.6 Å². The van der Waals surface area contributed by atoms with Crippen LogP contribution in [0.4, 0.5) is 0 Å². The topological polar surface area (TPSA) is 12.0 Å². The summed E-state index contributed by atoms with van der Waals surface area (Å²) in [5.41, 5.74) is 2.77. The van der Waals surface area contributed by atoms with Crippen LogP contribution >= 0.6 is 11.6 Å². The molecule has 1 heterocycles. The summed E-state index contributed by atoms with van der Waals surface area (Å²) in [5.74, 6) is 0.665. The molecule has 0 radical (unpaired) electrons.